The molecule has 0 saturated carbocycles. The molecule has 34 heavy (non-hydrogen) atoms. The van der Waals surface area contributed by atoms with E-state index >= 15 is 0 Å². The van der Waals surface area contributed by atoms with Crippen LogP contribution in [-0.2, 0) is 13.1 Å². The SMILES string of the molecule is CCC(c1nc2sccc2c(=O)n1Cc1ccccc1)N(CCN)Cc1ccc(F)cc1.Cl.Cl. The van der Waals surface area contributed by atoms with E-state index in [1.807, 2.05) is 41.8 Å². The van der Waals surface area contributed by atoms with Crippen LogP contribution in [0.4, 0.5) is 4.39 Å². The van der Waals surface area contributed by atoms with Crippen LogP contribution in [0.15, 0.2) is 70.8 Å². The van der Waals surface area contributed by atoms with Gasteiger partial charge in [0.25, 0.3) is 5.56 Å². The zero-order chi connectivity index (χ0) is 22.5. The first kappa shape index (κ1) is 28.0. The summed E-state index contributed by atoms with van der Waals surface area (Å²) >= 11 is 1.48. The average Bonchev–Trinajstić information content (AvgIpc) is 3.28. The quantitative estimate of drug-likeness (QED) is 0.319. The first-order valence-electron chi connectivity index (χ1n) is 10.8. The van der Waals surface area contributed by atoms with Crippen molar-refractivity contribution in [2.24, 2.45) is 5.73 Å². The molecule has 0 amide bonds. The Balaban J connectivity index is 0.00000204. The van der Waals surface area contributed by atoms with Gasteiger partial charge in [0.15, 0.2) is 0 Å². The molecule has 0 aliphatic heterocycles. The van der Waals surface area contributed by atoms with Crippen molar-refractivity contribution in [1.29, 1.82) is 0 Å². The topological polar surface area (TPSA) is 64.2 Å². The molecular weight excluding hydrogens is 494 g/mol. The fraction of sp³-hybridized carbons (Fsp3) is 0.280. The lowest BCUT2D eigenvalue weighted by Gasteiger charge is -2.32. The fourth-order valence-electron chi connectivity index (χ4n) is 4.08. The van der Waals surface area contributed by atoms with Gasteiger partial charge in [-0.1, -0.05) is 49.4 Å². The van der Waals surface area contributed by atoms with Crippen molar-refractivity contribution >= 4 is 46.4 Å². The first-order valence-corrected chi connectivity index (χ1v) is 11.7. The van der Waals surface area contributed by atoms with Crippen LogP contribution in [0.5, 0.6) is 0 Å². The predicted octanol–water partition coefficient (Wildman–Crippen LogP) is 5.40. The van der Waals surface area contributed by atoms with E-state index in [1.54, 1.807) is 16.7 Å². The fourth-order valence-corrected chi connectivity index (χ4v) is 4.84. The number of thiophene rings is 1. The van der Waals surface area contributed by atoms with Crippen LogP contribution in [0.1, 0.15) is 36.3 Å². The molecule has 0 fully saturated rings. The van der Waals surface area contributed by atoms with E-state index in [-0.39, 0.29) is 42.2 Å². The van der Waals surface area contributed by atoms with E-state index in [4.69, 9.17) is 10.7 Å². The molecule has 2 heterocycles. The normalized spacial score (nSPS) is 11.8. The van der Waals surface area contributed by atoms with Crippen molar-refractivity contribution in [3.63, 3.8) is 0 Å². The molecule has 182 valence electrons. The summed E-state index contributed by atoms with van der Waals surface area (Å²) in [6, 6.07) is 18.2. The molecule has 0 aliphatic rings. The number of fused-ring (bicyclic) bond motifs is 1. The number of aromatic nitrogens is 2. The molecular formula is C25H29Cl2FN4OS. The lowest BCUT2D eigenvalue weighted by atomic mass is 10.1. The lowest BCUT2D eigenvalue weighted by Crippen LogP contribution is -2.37. The Bertz CT molecular complexity index is 1230. The van der Waals surface area contributed by atoms with Crippen molar-refractivity contribution in [1.82, 2.24) is 14.5 Å². The van der Waals surface area contributed by atoms with Crippen molar-refractivity contribution in [3.05, 3.63) is 99.2 Å². The third-order valence-corrected chi connectivity index (χ3v) is 6.44. The number of nitrogens with zero attached hydrogens (tertiary/aromatic N) is 3. The van der Waals surface area contributed by atoms with E-state index in [9.17, 15) is 9.18 Å². The lowest BCUT2D eigenvalue weighted by molar-refractivity contribution is 0.176. The van der Waals surface area contributed by atoms with Crippen molar-refractivity contribution < 1.29 is 4.39 Å². The summed E-state index contributed by atoms with van der Waals surface area (Å²) in [6.07, 6.45) is 0.763. The largest absolute Gasteiger partial charge is 0.329 e. The number of hydrogen-bond donors (Lipinski definition) is 1. The van der Waals surface area contributed by atoms with Crippen LogP contribution in [-0.4, -0.2) is 27.5 Å². The summed E-state index contributed by atoms with van der Waals surface area (Å²) in [5, 5.41) is 2.56. The van der Waals surface area contributed by atoms with Gasteiger partial charge in [0.05, 0.1) is 18.0 Å². The van der Waals surface area contributed by atoms with E-state index in [1.165, 1.54) is 23.5 Å². The standard InChI is InChI=1S/C25H27FN4OS.2ClH/c1-2-22(29(14-13-27)16-19-8-10-20(26)11-9-19)23-28-24-21(12-15-32-24)25(31)30(23)17-18-6-4-3-5-7-18;;/h3-12,15,22H,2,13-14,16-17,27H2,1H3;2*1H. The molecule has 2 N–H and O–H groups in total. The number of halogens is 3. The number of benzene rings is 2. The first-order chi connectivity index (χ1) is 15.6. The second kappa shape index (κ2) is 13.0. The summed E-state index contributed by atoms with van der Waals surface area (Å²) < 4.78 is 15.2. The van der Waals surface area contributed by atoms with Crippen LogP contribution >= 0.6 is 36.2 Å². The molecule has 4 rings (SSSR count). The van der Waals surface area contributed by atoms with Gasteiger partial charge >= 0.3 is 0 Å². The molecule has 0 saturated heterocycles. The third kappa shape index (κ3) is 6.23. The Labute approximate surface area is 215 Å². The maximum atomic E-state index is 13.5. The third-order valence-electron chi connectivity index (χ3n) is 5.64. The van der Waals surface area contributed by atoms with Crippen molar-refractivity contribution in [2.75, 3.05) is 13.1 Å². The van der Waals surface area contributed by atoms with Crippen LogP contribution in [0.2, 0.25) is 0 Å². The Morgan fingerprint density at radius 2 is 1.76 bits per heavy atom. The maximum Gasteiger partial charge on any atom is 0.262 e. The van der Waals surface area contributed by atoms with Gasteiger partial charge in [0, 0.05) is 19.6 Å². The molecule has 5 nitrogen and oxygen atoms in total. The van der Waals surface area contributed by atoms with Gasteiger partial charge in [-0.3, -0.25) is 14.3 Å². The van der Waals surface area contributed by atoms with Gasteiger partial charge in [-0.15, -0.1) is 36.2 Å². The summed E-state index contributed by atoms with van der Waals surface area (Å²) in [5.41, 5.74) is 7.97. The molecule has 4 aromatic rings. The van der Waals surface area contributed by atoms with E-state index in [2.05, 4.69) is 11.8 Å². The summed E-state index contributed by atoms with van der Waals surface area (Å²) in [4.78, 5) is 21.4. The maximum absolute atomic E-state index is 13.5. The highest BCUT2D eigenvalue weighted by molar-refractivity contribution is 7.16. The smallest absolute Gasteiger partial charge is 0.262 e. The second-order valence-corrected chi connectivity index (χ2v) is 8.69. The Morgan fingerprint density at radius 3 is 2.41 bits per heavy atom. The molecule has 1 atom stereocenters. The minimum atomic E-state index is -0.257. The van der Waals surface area contributed by atoms with Crippen LogP contribution in [0, 0.1) is 5.82 Å². The number of rotatable bonds is 9. The van der Waals surface area contributed by atoms with Gasteiger partial charge < -0.3 is 5.73 Å². The molecule has 2 aromatic carbocycles. The Hall–Kier alpha value is -2.29. The highest BCUT2D eigenvalue weighted by atomic mass is 35.5. The molecule has 0 bridgehead atoms. The average molecular weight is 524 g/mol. The van der Waals surface area contributed by atoms with Gasteiger partial charge in [-0.2, -0.15) is 0 Å². The van der Waals surface area contributed by atoms with Crippen LogP contribution < -0.4 is 11.3 Å². The highest BCUT2D eigenvalue weighted by Crippen LogP contribution is 2.27. The number of hydrogen-bond acceptors (Lipinski definition) is 5. The minimum absolute atomic E-state index is 0. The number of nitrogens with two attached hydrogens (primary N) is 1. The summed E-state index contributed by atoms with van der Waals surface area (Å²) in [5.74, 6) is 0.486. The van der Waals surface area contributed by atoms with Crippen LogP contribution in [0.3, 0.4) is 0 Å². The summed E-state index contributed by atoms with van der Waals surface area (Å²) in [7, 11) is 0. The monoisotopic (exact) mass is 522 g/mol. The molecule has 0 aliphatic carbocycles. The predicted molar refractivity (Wildman–Crippen MR) is 143 cm³/mol. The molecule has 9 heteroatoms. The second-order valence-electron chi connectivity index (χ2n) is 7.80. The molecule has 2 aromatic heterocycles. The van der Waals surface area contributed by atoms with Crippen LogP contribution in [0.25, 0.3) is 10.2 Å². The zero-order valence-corrected chi connectivity index (χ0v) is 21.3. The van der Waals surface area contributed by atoms with E-state index in [0.717, 1.165) is 28.2 Å². The Kier molecular flexibility index (Phi) is 10.7. The minimum Gasteiger partial charge on any atom is -0.329 e. The molecule has 1 unspecified atom stereocenters. The Morgan fingerprint density at radius 1 is 1.06 bits per heavy atom. The van der Waals surface area contributed by atoms with Gasteiger partial charge in [-0.25, -0.2) is 9.37 Å². The van der Waals surface area contributed by atoms with Gasteiger partial charge in [0.2, 0.25) is 0 Å². The van der Waals surface area contributed by atoms with Gasteiger partial charge in [-0.05, 0) is 41.1 Å². The van der Waals surface area contributed by atoms with E-state index in [0.29, 0.717) is 31.6 Å². The van der Waals surface area contributed by atoms with Crippen molar-refractivity contribution in [3.8, 4) is 0 Å². The van der Waals surface area contributed by atoms with E-state index < -0.39 is 0 Å². The van der Waals surface area contributed by atoms with Crippen molar-refractivity contribution in [2.45, 2.75) is 32.5 Å². The highest BCUT2D eigenvalue weighted by Gasteiger charge is 2.25. The molecule has 0 spiro atoms. The molecule has 0 radical (unpaired) electrons. The zero-order valence-electron chi connectivity index (χ0n) is 18.9. The van der Waals surface area contributed by atoms with Gasteiger partial charge in [0.1, 0.15) is 16.5 Å². The summed E-state index contributed by atoms with van der Waals surface area (Å²) in [6.45, 7) is 4.26.